The maximum Gasteiger partial charge on any atom is 0.420 e. The fraction of sp³-hybridized carbons (Fsp3) is 0.300. The Hall–Kier alpha value is -3.02. The molecule has 0 atom stereocenters. The van der Waals surface area contributed by atoms with Crippen LogP contribution in [-0.4, -0.2) is 0 Å². The Morgan fingerprint density at radius 2 is 1.20 bits per heavy atom. The molecular formula is C20H20N2O3. The standard InChI is InChI=1S/C20H20N2O3/c1-14-5-15(2)8-18(7-14)11-23-20(24-12-21,25-13-22)19-9-16(3)6-17(4)10-19/h5-10H,11H2,1-4H3. The molecule has 25 heavy (non-hydrogen) atoms. The van der Waals surface area contributed by atoms with E-state index in [4.69, 9.17) is 24.7 Å². The largest absolute Gasteiger partial charge is 0.420 e. The molecule has 0 unspecified atom stereocenters. The lowest BCUT2D eigenvalue weighted by Crippen LogP contribution is -2.34. The van der Waals surface area contributed by atoms with E-state index in [0.717, 1.165) is 27.8 Å². The van der Waals surface area contributed by atoms with Crippen molar-refractivity contribution in [1.82, 2.24) is 0 Å². The quantitative estimate of drug-likeness (QED) is 0.582. The molecule has 5 nitrogen and oxygen atoms in total. The third-order valence-electron chi connectivity index (χ3n) is 3.65. The van der Waals surface area contributed by atoms with Crippen molar-refractivity contribution >= 4 is 0 Å². The third-order valence-corrected chi connectivity index (χ3v) is 3.65. The van der Waals surface area contributed by atoms with Gasteiger partial charge in [-0.3, -0.25) is 4.74 Å². The molecule has 2 aromatic carbocycles. The fourth-order valence-corrected chi connectivity index (χ4v) is 2.88. The van der Waals surface area contributed by atoms with Gasteiger partial charge in [0.25, 0.3) is 12.5 Å². The number of hydrogen-bond acceptors (Lipinski definition) is 5. The molecule has 0 saturated carbocycles. The number of nitrogens with zero attached hydrogens (tertiary/aromatic N) is 2. The van der Waals surface area contributed by atoms with Crippen LogP contribution in [0.4, 0.5) is 0 Å². The van der Waals surface area contributed by atoms with Crippen LogP contribution in [0.2, 0.25) is 0 Å². The first kappa shape index (κ1) is 18.3. The molecule has 0 bridgehead atoms. The second kappa shape index (κ2) is 7.70. The minimum atomic E-state index is -1.90. The summed E-state index contributed by atoms with van der Waals surface area (Å²) in [5.74, 6) is -1.90. The average molecular weight is 336 g/mol. The molecule has 0 aliphatic carbocycles. The van der Waals surface area contributed by atoms with Crippen LogP contribution < -0.4 is 0 Å². The van der Waals surface area contributed by atoms with E-state index in [1.807, 2.05) is 45.9 Å². The Morgan fingerprint density at radius 3 is 1.64 bits per heavy atom. The first-order valence-corrected chi connectivity index (χ1v) is 7.82. The smallest absolute Gasteiger partial charge is 0.351 e. The van der Waals surface area contributed by atoms with Crippen molar-refractivity contribution in [1.29, 1.82) is 10.5 Å². The SMILES string of the molecule is Cc1cc(C)cc(COC(OC#N)(OC#N)c2cc(C)cc(C)c2)c1. The summed E-state index contributed by atoms with van der Waals surface area (Å²) in [4.78, 5) is 0. The van der Waals surface area contributed by atoms with Crippen molar-refractivity contribution in [2.75, 3.05) is 0 Å². The second-order valence-corrected chi connectivity index (χ2v) is 6.10. The molecular weight excluding hydrogens is 316 g/mol. The summed E-state index contributed by atoms with van der Waals surface area (Å²) in [6, 6.07) is 11.5. The Labute approximate surface area is 148 Å². The summed E-state index contributed by atoms with van der Waals surface area (Å²) in [7, 11) is 0. The number of hydrogen-bond donors (Lipinski definition) is 0. The minimum absolute atomic E-state index is 0.124. The number of aryl methyl sites for hydroxylation is 4. The minimum Gasteiger partial charge on any atom is -0.351 e. The van der Waals surface area contributed by atoms with Gasteiger partial charge >= 0.3 is 5.97 Å². The van der Waals surface area contributed by atoms with Gasteiger partial charge in [0.05, 0.1) is 12.2 Å². The van der Waals surface area contributed by atoms with E-state index in [9.17, 15) is 0 Å². The maximum atomic E-state index is 9.07. The van der Waals surface area contributed by atoms with Crippen molar-refractivity contribution in [2.45, 2.75) is 40.3 Å². The van der Waals surface area contributed by atoms with Crippen LogP contribution >= 0.6 is 0 Å². The predicted molar refractivity (Wildman–Crippen MR) is 91.7 cm³/mol. The van der Waals surface area contributed by atoms with Crippen LogP contribution in [0.1, 0.15) is 33.4 Å². The molecule has 0 aliphatic rings. The van der Waals surface area contributed by atoms with Gasteiger partial charge in [0.2, 0.25) is 0 Å². The van der Waals surface area contributed by atoms with Crippen LogP contribution in [0, 0.1) is 50.7 Å². The van der Waals surface area contributed by atoms with Crippen LogP contribution in [0.15, 0.2) is 36.4 Å². The van der Waals surface area contributed by atoms with Gasteiger partial charge in [-0.2, -0.15) is 10.5 Å². The second-order valence-electron chi connectivity index (χ2n) is 6.10. The molecule has 128 valence electrons. The Kier molecular flexibility index (Phi) is 5.64. The first-order chi connectivity index (χ1) is 11.9. The molecule has 0 radical (unpaired) electrons. The van der Waals surface area contributed by atoms with E-state index in [1.165, 1.54) is 0 Å². The average Bonchev–Trinajstić information content (AvgIpc) is 2.51. The van der Waals surface area contributed by atoms with Gasteiger partial charge < -0.3 is 9.47 Å². The van der Waals surface area contributed by atoms with Crippen molar-refractivity contribution in [2.24, 2.45) is 0 Å². The zero-order valence-electron chi connectivity index (χ0n) is 14.8. The molecule has 0 amide bonds. The van der Waals surface area contributed by atoms with E-state index in [2.05, 4.69) is 6.07 Å². The zero-order valence-corrected chi connectivity index (χ0v) is 14.8. The van der Waals surface area contributed by atoms with Crippen LogP contribution in [0.3, 0.4) is 0 Å². The van der Waals surface area contributed by atoms with Gasteiger partial charge in [-0.05, 0) is 45.4 Å². The Balaban J connectivity index is 2.41. The lowest BCUT2D eigenvalue weighted by Gasteiger charge is -2.27. The third kappa shape index (κ3) is 4.50. The van der Waals surface area contributed by atoms with E-state index in [0.29, 0.717) is 5.56 Å². The molecule has 0 spiro atoms. The summed E-state index contributed by atoms with van der Waals surface area (Å²) >= 11 is 0. The van der Waals surface area contributed by atoms with E-state index >= 15 is 0 Å². The molecule has 0 heterocycles. The van der Waals surface area contributed by atoms with Gasteiger partial charge in [-0.1, -0.05) is 46.5 Å². The monoisotopic (exact) mass is 336 g/mol. The van der Waals surface area contributed by atoms with Crippen molar-refractivity contribution in [3.63, 3.8) is 0 Å². The van der Waals surface area contributed by atoms with Crippen LogP contribution in [0.25, 0.3) is 0 Å². The molecule has 2 rings (SSSR count). The van der Waals surface area contributed by atoms with Gasteiger partial charge in [0.15, 0.2) is 0 Å². The Morgan fingerprint density at radius 1 is 0.760 bits per heavy atom. The highest BCUT2D eigenvalue weighted by Crippen LogP contribution is 2.31. The lowest BCUT2D eigenvalue weighted by atomic mass is 10.1. The summed E-state index contributed by atoms with van der Waals surface area (Å²) in [6.45, 7) is 7.92. The van der Waals surface area contributed by atoms with E-state index in [1.54, 1.807) is 24.6 Å². The highest BCUT2D eigenvalue weighted by molar-refractivity contribution is 5.31. The number of rotatable bonds is 6. The van der Waals surface area contributed by atoms with Crippen molar-refractivity contribution < 1.29 is 14.2 Å². The van der Waals surface area contributed by atoms with E-state index < -0.39 is 5.97 Å². The van der Waals surface area contributed by atoms with E-state index in [-0.39, 0.29) is 6.61 Å². The van der Waals surface area contributed by atoms with Crippen LogP contribution in [0.5, 0.6) is 0 Å². The number of ether oxygens (including phenoxy) is 3. The number of benzene rings is 2. The first-order valence-electron chi connectivity index (χ1n) is 7.82. The van der Waals surface area contributed by atoms with Gasteiger partial charge in [-0.15, -0.1) is 0 Å². The van der Waals surface area contributed by atoms with Crippen LogP contribution in [-0.2, 0) is 26.8 Å². The number of nitriles is 2. The highest BCUT2D eigenvalue weighted by Gasteiger charge is 2.40. The van der Waals surface area contributed by atoms with Crippen molar-refractivity contribution in [3.8, 4) is 12.5 Å². The molecule has 0 aromatic heterocycles. The van der Waals surface area contributed by atoms with Gasteiger partial charge in [0.1, 0.15) is 0 Å². The summed E-state index contributed by atoms with van der Waals surface area (Å²) in [6.07, 6.45) is 3.18. The molecule has 0 aliphatic heterocycles. The Bertz CT molecular complexity index is 790. The van der Waals surface area contributed by atoms with Gasteiger partial charge in [-0.25, -0.2) is 0 Å². The molecule has 0 saturated heterocycles. The normalized spacial score (nSPS) is 10.6. The highest BCUT2D eigenvalue weighted by atomic mass is 16.9. The fourth-order valence-electron chi connectivity index (χ4n) is 2.88. The molecule has 2 aromatic rings. The van der Waals surface area contributed by atoms with Crippen molar-refractivity contribution in [3.05, 3.63) is 69.8 Å². The lowest BCUT2D eigenvalue weighted by molar-refractivity contribution is -0.349. The molecule has 0 fully saturated rings. The summed E-state index contributed by atoms with van der Waals surface area (Å²) in [5, 5.41) is 18.1. The zero-order chi connectivity index (χ0) is 18.4. The summed E-state index contributed by atoms with van der Waals surface area (Å²) < 4.78 is 16.0. The summed E-state index contributed by atoms with van der Waals surface area (Å²) in [5.41, 5.74) is 5.43. The van der Waals surface area contributed by atoms with Gasteiger partial charge in [0, 0.05) is 0 Å². The molecule has 5 heteroatoms. The topological polar surface area (TPSA) is 75.3 Å². The predicted octanol–water partition coefficient (Wildman–Crippen LogP) is 4.24. The maximum absolute atomic E-state index is 9.07. The molecule has 0 N–H and O–H groups in total.